The maximum Gasteiger partial charge on any atom is 0.106 e. The minimum Gasteiger partial charge on any atom is -0.374 e. The first-order chi connectivity index (χ1) is 15.6. The average Bonchev–Trinajstić information content (AvgIpc) is 2.80. The van der Waals surface area contributed by atoms with Crippen molar-refractivity contribution in [2.24, 2.45) is 0 Å². The molecule has 0 aromatic rings. The van der Waals surface area contributed by atoms with Crippen LogP contribution in [0.3, 0.4) is 0 Å². The van der Waals surface area contributed by atoms with Gasteiger partial charge in [0.2, 0.25) is 0 Å². The SMILES string of the molecule is CCCCCCCCCC(CCCCCC)(CCCCCCCC)OCC(C)OCC[O]. The van der Waals surface area contributed by atoms with E-state index in [-0.39, 0.29) is 18.3 Å². The number of hydrogen-bond acceptors (Lipinski definition) is 2. The summed E-state index contributed by atoms with van der Waals surface area (Å²) < 4.78 is 12.4. The van der Waals surface area contributed by atoms with Crippen molar-refractivity contribution >= 4 is 0 Å². The van der Waals surface area contributed by atoms with Gasteiger partial charge in [-0.25, -0.2) is 5.11 Å². The molecule has 3 heteroatoms. The second-order valence-electron chi connectivity index (χ2n) is 10.1. The summed E-state index contributed by atoms with van der Waals surface area (Å²) in [5.74, 6) is 0. The second kappa shape index (κ2) is 24.0. The maximum atomic E-state index is 10.8. The van der Waals surface area contributed by atoms with Gasteiger partial charge in [-0.05, 0) is 26.2 Å². The summed E-state index contributed by atoms with van der Waals surface area (Å²) in [7, 11) is 0. The molecule has 0 aliphatic carbocycles. The Labute approximate surface area is 202 Å². The molecule has 0 aromatic carbocycles. The van der Waals surface area contributed by atoms with Crippen molar-refractivity contribution < 1.29 is 14.6 Å². The molecule has 1 radical (unpaired) electrons. The molecule has 0 bridgehead atoms. The second-order valence-corrected chi connectivity index (χ2v) is 10.1. The molecule has 32 heavy (non-hydrogen) atoms. The first-order valence-electron chi connectivity index (χ1n) is 14.5. The predicted octanol–water partition coefficient (Wildman–Crippen LogP) is 9.44. The smallest absolute Gasteiger partial charge is 0.106 e. The molecule has 0 saturated carbocycles. The van der Waals surface area contributed by atoms with Crippen molar-refractivity contribution in [1.29, 1.82) is 0 Å². The van der Waals surface area contributed by atoms with E-state index < -0.39 is 0 Å². The van der Waals surface area contributed by atoms with E-state index in [2.05, 4.69) is 27.7 Å². The van der Waals surface area contributed by atoms with Crippen molar-refractivity contribution in [3.05, 3.63) is 0 Å². The molecule has 0 aliphatic heterocycles. The fraction of sp³-hybridized carbons (Fsp3) is 1.00. The Bertz CT molecular complexity index is 360. The Morgan fingerprint density at radius 3 is 1.38 bits per heavy atom. The number of rotatable bonds is 26. The van der Waals surface area contributed by atoms with Crippen molar-refractivity contribution in [2.75, 3.05) is 19.8 Å². The van der Waals surface area contributed by atoms with Gasteiger partial charge in [-0.2, -0.15) is 0 Å². The summed E-state index contributed by atoms with van der Waals surface area (Å²) in [6, 6.07) is 0. The zero-order valence-electron chi connectivity index (χ0n) is 22.6. The molecule has 2 unspecified atom stereocenters. The summed E-state index contributed by atoms with van der Waals surface area (Å²) in [5, 5.41) is 10.8. The average molecular weight is 456 g/mol. The lowest BCUT2D eigenvalue weighted by Gasteiger charge is -2.36. The van der Waals surface area contributed by atoms with Crippen LogP contribution in [0.2, 0.25) is 0 Å². The first kappa shape index (κ1) is 31.9. The molecule has 0 rings (SSSR count). The molecule has 193 valence electrons. The molecule has 0 fully saturated rings. The Kier molecular flexibility index (Phi) is 23.9. The minimum absolute atomic E-state index is 0.0109. The zero-order valence-corrected chi connectivity index (χ0v) is 22.6. The van der Waals surface area contributed by atoms with Gasteiger partial charge in [-0.15, -0.1) is 0 Å². The fourth-order valence-electron chi connectivity index (χ4n) is 4.69. The van der Waals surface area contributed by atoms with Crippen LogP contribution in [0.25, 0.3) is 0 Å². The Morgan fingerprint density at radius 1 is 0.594 bits per heavy atom. The van der Waals surface area contributed by atoms with E-state index in [0.29, 0.717) is 13.2 Å². The maximum absolute atomic E-state index is 10.8. The summed E-state index contributed by atoms with van der Waals surface area (Å²) in [6.07, 6.45) is 26.3. The van der Waals surface area contributed by atoms with Crippen molar-refractivity contribution in [2.45, 2.75) is 168 Å². The van der Waals surface area contributed by atoms with E-state index >= 15 is 0 Å². The van der Waals surface area contributed by atoms with Gasteiger partial charge in [0.15, 0.2) is 0 Å². The molecule has 0 N–H and O–H groups in total. The lowest BCUT2D eigenvalue weighted by molar-refractivity contribution is -0.111. The quantitative estimate of drug-likeness (QED) is 0.122. The molecule has 0 saturated heterocycles. The highest BCUT2D eigenvalue weighted by molar-refractivity contribution is 4.82. The summed E-state index contributed by atoms with van der Waals surface area (Å²) >= 11 is 0. The van der Waals surface area contributed by atoms with Crippen LogP contribution in [-0.4, -0.2) is 31.5 Å². The molecule has 0 amide bonds. The molecule has 0 aliphatic rings. The summed E-state index contributed by atoms with van der Waals surface area (Å²) in [5.41, 5.74) is 0.0109. The molecule has 0 heterocycles. The fourth-order valence-corrected chi connectivity index (χ4v) is 4.69. The minimum atomic E-state index is -0.164. The van der Waals surface area contributed by atoms with Gasteiger partial charge in [0, 0.05) is 0 Å². The highest BCUT2D eigenvalue weighted by Crippen LogP contribution is 2.33. The van der Waals surface area contributed by atoms with Crippen molar-refractivity contribution in [3.8, 4) is 0 Å². The van der Waals surface area contributed by atoms with Gasteiger partial charge in [0.1, 0.15) is 6.61 Å². The van der Waals surface area contributed by atoms with Crippen molar-refractivity contribution in [1.82, 2.24) is 0 Å². The highest BCUT2D eigenvalue weighted by atomic mass is 16.5. The Hall–Kier alpha value is -0.120. The molecule has 0 aromatic heterocycles. The zero-order chi connectivity index (χ0) is 23.8. The predicted molar refractivity (Wildman–Crippen MR) is 139 cm³/mol. The van der Waals surface area contributed by atoms with E-state index in [1.165, 1.54) is 128 Å². The number of ether oxygens (including phenoxy) is 2. The van der Waals surface area contributed by atoms with Crippen LogP contribution in [0, 0.1) is 0 Å². The van der Waals surface area contributed by atoms with Crippen LogP contribution < -0.4 is 0 Å². The summed E-state index contributed by atoms with van der Waals surface area (Å²) in [6.45, 7) is 9.66. The molecular weight excluding hydrogens is 396 g/mol. The van der Waals surface area contributed by atoms with Gasteiger partial charge in [-0.3, -0.25) is 0 Å². The summed E-state index contributed by atoms with van der Waals surface area (Å²) in [4.78, 5) is 0. The third-order valence-electron chi connectivity index (χ3n) is 6.82. The van der Waals surface area contributed by atoms with Crippen molar-refractivity contribution in [3.63, 3.8) is 0 Å². The third kappa shape index (κ3) is 19.4. The van der Waals surface area contributed by atoms with Crippen LogP contribution in [0.1, 0.15) is 156 Å². The van der Waals surface area contributed by atoms with Gasteiger partial charge in [0.05, 0.1) is 24.9 Å². The molecule has 0 spiro atoms. The Balaban J connectivity index is 4.82. The highest BCUT2D eigenvalue weighted by Gasteiger charge is 2.30. The molecule has 3 nitrogen and oxygen atoms in total. The van der Waals surface area contributed by atoms with Gasteiger partial charge >= 0.3 is 0 Å². The lowest BCUT2D eigenvalue weighted by atomic mass is 9.84. The number of hydrogen-bond donors (Lipinski definition) is 0. The monoisotopic (exact) mass is 455 g/mol. The van der Waals surface area contributed by atoms with Gasteiger partial charge in [0.25, 0.3) is 0 Å². The van der Waals surface area contributed by atoms with Crippen LogP contribution in [0.5, 0.6) is 0 Å². The Morgan fingerprint density at radius 2 is 0.969 bits per heavy atom. The normalized spacial score (nSPS) is 14.5. The van der Waals surface area contributed by atoms with Crippen LogP contribution in [-0.2, 0) is 14.6 Å². The van der Waals surface area contributed by atoms with E-state index in [9.17, 15) is 5.11 Å². The largest absolute Gasteiger partial charge is 0.374 e. The van der Waals surface area contributed by atoms with Crippen LogP contribution in [0.15, 0.2) is 0 Å². The van der Waals surface area contributed by atoms with Crippen LogP contribution in [0.4, 0.5) is 0 Å². The number of unbranched alkanes of at least 4 members (excludes halogenated alkanes) is 14. The molecule has 2 atom stereocenters. The van der Waals surface area contributed by atoms with E-state index in [1.54, 1.807) is 0 Å². The van der Waals surface area contributed by atoms with E-state index in [4.69, 9.17) is 9.47 Å². The lowest BCUT2D eigenvalue weighted by Crippen LogP contribution is -2.36. The van der Waals surface area contributed by atoms with Gasteiger partial charge < -0.3 is 9.47 Å². The molecular formula is C29H59O3. The first-order valence-corrected chi connectivity index (χ1v) is 14.5. The topological polar surface area (TPSA) is 38.4 Å². The van der Waals surface area contributed by atoms with E-state index in [1.807, 2.05) is 0 Å². The van der Waals surface area contributed by atoms with E-state index in [0.717, 1.165) is 0 Å². The van der Waals surface area contributed by atoms with Gasteiger partial charge in [-0.1, -0.05) is 130 Å². The third-order valence-corrected chi connectivity index (χ3v) is 6.82. The van der Waals surface area contributed by atoms with Crippen LogP contribution >= 0.6 is 0 Å². The standard InChI is InChI=1S/C29H59O3/c1-5-8-11-14-16-18-21-24-29(22-19-13-10-7-3,23-20-17-15-12-9-6-2)32-27-28(4)31-26-25-30/h28H,5-27H2,1-4H3.